The number of amides is 3. The van der Waals surface area contributed by atoms with Crippen molar-refractivity contribution in [3.8, 4) is 5.75 Å². The minimum atomic E-state index is -0.665. The molecule has 2 aromatic carbocycles. The molecule has 0 aromatic heterocycles. The maximum absolute atomic E-state index is 12.7. The van der Waals surface area contributed by atoms with Crippen LogP contribution in [-0.2, 0) is 14.4 Å². The van der Waals surface area contributed by atoms with Crippen LogP contribution in [0.5, 0.6) is 5.75 Å². The summed E-state index contributed by atoms with van der Waals surface area (Å²) in [6.07, 6.45) is 0.0482. The van der Waals surface area contributed by atoms with Crippen molar-refractivity contribution in [2.75, 3.05) is 15.5 Å². The Labute approximate surface area is 150 Å². The number of nitrogens with zero attached hydrogens (tertiary/aromatic N) is 1. The summed E-state index contributed by atoms with van der Waals surface area (Å²) in [6.45, 7) is 3.16. The van der Waals surface area contributed by atoms with Gasteiger partial charge in [-0.1, -0.05) is 0 Å². The molecule has 1 fully saturated rings. The molecule has 7 nitrogen and oxygen atoms in total. The monoisotopic (exact) mass is 353 g/mol. The van der Waals surface area contributed by atoms with Gasteiger partial charge in [-0.25, -0.2) is 4.90 Å². The van der Waals surface area contributed by atoms with Crippen molar-refractivity contribution in [2.45, 2.75) is 26.3 Å². The lowest BCUT2D eigenvalue weighted by Gasteiger charge is -2.18. The van der Waals surface area contributed by atoms with Gasteiger partial charge < -0.3 is 15.7 Å². The van der Waals surface area contributed by atoms with Crippen molar-refractivity contribution in [1.82, 2.24) is 0 Å². The fourth-order valence-corrected chi connectivity index (χ4v) is 2.94. The average molecular weight is 353 g/mol. The van der Waals surface area contributed by atoms with E-state index in [0.29, 0.717) is 22.6 Å². The van der Waals surface area contributed by atoms with Crippen LogP contribution in [0.1, 0.15) is 18.9 Å². The molecule has 1 aliphatic heterocycles. The number of nitrogens with one attached hydrogen (secondary N) is 2. The van der Waals surface area contributed by atoms with Crippen LogP contribution in [0.2, 0.25) is 0 Å². The van der Waals surface area contributed by atoms with Crippen LogP contribution in [-0.4, -0.2) is 28.9 Å². The highest BCUT2D eigenvalue weighted by Gasteiger charge is 2.40. The second kappa shape index (κ2) is 6.87. The fourth-order valence-electron chi connectivity index (χ4n) is 2.94. The molecule has 2 aromatic rings. The van der Waals surface area contributed by atoms with E-state index in [9.17, 15) is 19.5 Å². The topological polar surface area (TPSA) is 98.7 Å². The van der Waals surface area contributed by atoms with Gasteiger partial charge in [0.05, 0.1) is 12.1 Å². The van der Waals surface area contributed by atoms with E-state index in [1.807, 2.05) is 0 Å². The van der Waals surface area contributed by atoms with E-state index in [0.717, 1.165) is 4.90 Å². The number of carbonyl (C=O) groups is 3. The van der Waals surface area contributed by atoms with E-state index in [1.165, 1.54) is 19.1 Å². The number of anilines is 3. The molecular weight excluding hydrogens is 334 g/mol. The van der Waals surface area contributed by atoms with Gasteiger partial charge in [-0.05, 0) is 55.0 Å². The third-order valence-electron chi connectivity index (χ3n) is 4.11. The molecule has 0 aliphatic carbocycles. The van der Waals surface area contributed by atoms with Crippen LogP contribution in [0.15, 0.2) is 42.5 Å². The Morgan fingerprint density at radius 3 is 2.38 bits per heavy atom. The zero-order chi connectivity index (χ0) is 18.8. The first kappa shape index (κ1) is 17.5. The smallest absolute Gasteiger partial charge is 0.256 e. The predicted octanol–water partition coefficient (Wildman–Crippen LogP) is 2.40. The normalized spacial score (nSPS) is 16.7. The number of hydrogen-bond acceptors (Lipinski definition) is 5. The van der Waals surface area contributed by atoms with E-state index in [4.69, 9.17) is 0 Å². The zero-order valence-corrected chi connectivity index (χ0v) is 14.4. The van der Waals surface area contributed by atoms with E-state index in [-0.39, 0.29) is 29.9 Å². The summed E-state index contributed by atoms with van der Waals surface area (Å²) in [6, 6.07) is 10.8. The molecule has 1 unspecified atom stereocenters. The summed E-state index contributed by atoms with van der Waals surface area (Å²) < 4.78 is 0. The Morgan fingerprint density at radius 2 is 1.77 bits per heavy atom. The van der Waals surface area contributed by atoms with Gasteiger partial charge in [-0.3, -0.25) is 14.4 Å². The summed E-state index contributed by atoms with van der Waals surface area (Å²) in [5, 5.41) is 15.2. The summed E-state index contributed by atoms with van der Waals surface area (Å²) in [5.41, 5.74) is 2.45. The number of imide groups is 1. The Hall–Kier alpha value is -3.35. The zero-order valence-electron chi connectivity index (χ0n) is 14.4. The molecule has 3 amide bonds. The number of phenols is 1. The Balaban J connectivity index is 1.75. The van der Waals surface area contributed by atoms with Crippen molar-refractivity contribution in [1.29, 1.82) is 0 Å². The van der Waals surface area contributed by atoms with Crippen LogP contribution >= 0.6 is 0 Å². The van der Waals surface area contributed by atoms with Crippen LogP contribution in [0.4, 0.5) is 17.1 Å². The summed E-state index contributed by atoms with van der Waals surface area (Å²) in [5.74, 6) is -0.715. The number of benzene rings is 2. The molecule has 134 valence electrons. The second-order valence-corrected chi connectivity index (χ2v) is 6.20. The third-order valence-corrected chi connectivity index (χ3v) is 4.11. The van der Waals surface area contributed by atoms with Crippen LogP contribution in [0, 0.1) is 6.92 Å². The van der Waals surface area contributed by atoms with Gasteiger partial charge in [0, 0.05) is 18.3 Å². The van der Waals surface area contributed by atoms with E-state index < -0.39 is 6.04 Å². The quantitative estimate of drug-likeness (QED) is 0.733. The number of hydrogen-bond donors (Lipinski definition) is 3. The maximum atomic E-state index is 12.7. The summed E-state index contributed by atoms with van der Waals surface area (Å²) in [4.78, 5) is 37.2. The standard InChI is InChI=1S/C19H19N3O4/c1-11-9-15(24)7-8-17(11)22-18(25)10-16(19(22)26)21-14-5-3-13(4-6-14)20-12(2)23/h3-9,16,21,24H,10H2,1-2H3,(H,20,23). The molecule has 1 atom stereocenters. The van der Waals surface area contributed by atoms with Crippen molar-refractivity contribution < 1.29 is 19.5 Å². The molecule has 0 spiro atoms. The van der Waals surface area contributed by atoms with Crippen molar-refractivity contribution in [3.05, 3.63) is 48.0 Å². The molecule has 1 heterocycles. The lowest BCUT2D eigenvalue weighted by Crippen LogP contribution is -2.35. The molecule has 26 heavy (non-hydrogen) atoms. The molecule has 0 radical (unpaired) electrons. The Kier molecular flexibility index (Phi) is 4.62. The first-order chi connectivity index (χ1) is 12.3. The SMILES string of the molecule is CC(=O)Nc1ccc(NC2CC(=O)N(c3ccc(O)cc3C)C2=O)cc1. The highest BCUT2D eigenvalue weighted by Crippen LogP contribution is 2.30. The number of rotatable bonds is 4. The molecule has 3 N–H and O–H groups in total. The third kappa shape index (κ3) is 3.51. The number of carbonyl (C=O) groups excluding carboxylic acids is 3. The van der Waals surface area contributed by atoms with Gasteiger partial charge in [0.25, 0.3) is 5.91 Å². The lowest BCUT2D eigenvalue weighted by molar-refractivity contribution is -0.121. The maximum Gasteiger partial charge on any atom is 0.256 e. The minimum Gasteiger partial charge on any atom is -0.508 e. The van der Waals surface area contributed by atoms with Gasteiger partial charge in [0.1, 0.15) is 11.8 Å². The molecule has 0 saturated carbocycles. The lowest BCUT2D eigenvalue weighted by atomic mass is 10.1. The van der Waals surface area contributed by atoms with E-state index in [1.54, 1.807) is 37.3 Å². The molecule has 1 saturated heterocycles. The average Bonchev–Trinajstić information content (AvgIpc) is 2.83. The second-order valence-electron chi connectivity index (χ2n) is 6.20. The molecule has 1 aliphatic rings. The molecular formula is C19H19N3O4. The summed E-state index contributed by atoms with van der Waals surface area (Å²) in [7, 11) is 0. The Morgan fingerprint density at radius 1 is 1.12 bits per heavy atom. The van der Waals surface area contributed by atoms with Gasteiger partial charge in [0.15, 0.2) is 0 Å². The van der Waals surface area contributed by atoms with Crippen LogP contribution in [0.25, 0.3) is 0 Å². The predicted molar refractivity (Wildman–Crippen MR) is 98.1 cm³/mol. The number of phenolic OH excluding ortho intramolecular Hbond substituents is 1. The molecule has 3 rings (SSSR count). The van der Waals surface area contributed by atoms with Crippen LogP contribution in [0.3, 0.4) is 0 Å². The first-order valence-corrected chi connectivity index (χ1v) is 8.16. The first-order valence-electron chi connectivity index (χ1n) is 8.16. The van der Waals surface area contributed by atoms with Crippen molar-refractivity contribution in [3.63, 3.8) is 0 Å². The van der Waals surface area contributed by atoms with Crippen molar-refractivity contribution >= 4 is 34.8 Å². The summed E-state index contributed by atoms with van der Waals surface area (Å²) >= 11 is 0. The van der Waals surface area contributed by atoms with E-state index >= 15 is 0 Å². The van der Waals surface area contributed by atoms with Gasteiger partial charge in [0.2, 0.25) is 11.8 Å². The van der Waals surface area contributed by atoms with Gasteiger partial charge in [-0.15, -0.1) is 0 Å². The molecule has 7 heteroatoms. The van der Waals surface area contributed by atoms with Crippen LogP contribution < -0.4 is 15.5 Å². The van der Waals surface area contributed by atoms with Crippen molar-refractivity contribution in [2.24, 2.45) is 0 Å². The highest BCUT2D eigenvalue weighted by atomic mass is 16.3. The minimum absolute atomic E-state index is 0.0482. The fraction of sp³-hybridized carbons (Fsp3) is 0.211. The van der Waals surface area contributed by atoms with Gasteiger partial charge >= 0.3 is 0 Å². The number of aryl methyl sites for hydroxylation is 1. The van der Waals surface area contributed by atoms with Gasteiger partial charge in [-0.2, -0.15) is 0 Å². The largest absolute Gasteiger partial charge is 0.508 e. The highest BCUT2D eigenvalue weighted by molar-refractivity contribution is 6.23. The number of aromatic hydroxyl groups is 1. The molecule has 0 bridgehead atoms. The van der Waals surface area contributed by atoms with E-state index in [2.05, 4.69) is 10.6 Å². The Bertz CT molecular complexity index is 877.